The van der Waals surface area contributed by atoms with Gasteiger partial charge in [-0.05, 0) is 0 Å². The SMILES string of the molecule is CN(C)[P+](N(C)C)(N(C)C)C(F)(F)F.F[P-](F)(F)(F)(F)F. The van der Waals surface area contributed by atoms with Crippen molar-refractivity contribution in [2.24, 2.45) is 0 Å². The molecule has 0 aliphatic rings. The van der Waals surface area contributed by atoms with Crippen molar-refractivity contribution >= 4 is 15.5 Å². The number of alkyl halides is 3. The zero-order chi connectivity index (χ0) is 18.1. The van der Waals surface area contributed by atoms with Gasteiger partial charge in [-0.15, -0.1) is 27.2 Å². The number of hydrogen-bond donors (Lipinski definition) is 0. The Bertz CT molecular complexity index is 312. The van der Waals surface area contributed by atoms with Crippen LogP contribution >= 0.6 is 15.5 Å². The Hall–Kier alpha value is 0.110. The second-order valence-electron chi connectivity index (χ2n) is 4.54. The van der Waals surface area contributed by atoms with Gasteiger partial charge in [-0.3, -0.25) is 0 Å². The molecule has 0 saturated heterocycles. The molecule has 0 aliphatic carbocycles. The number of nitrogens with zero attached hydrogens (tertiary/aromatic N) is 3. The Morgan fingerprint density at radius 2 is 0.762 bits per heavy atom. The predicted molar refractivity (Wildman–Crippen MR) is 67.6 cm³/mol. The summed E-state index contributed by atoms with van der Waals surface area (Å²) < 4.78 is 102. The molecule has 0 bridgehead atoms. The van der Waals surface area contributed by atoms with Crippen LogP contribution < -0.4 is 0 Å². The second-order valence-corrected chi connectivity index (χ2v) is 10.5. The molecular weight excluding hydrogens is 359 g/mol. The Labute approximate surface area is 117 Å². The molecule has 0 heterocycles. The molecule has 0 fully saturated rings. The van der Waals surface area contributed by atoms with E-state index in [4.69, 9.17) is 0 Å². The standard InChI is InChI=1S/C7H18F3N3P.F6P/c1-11(2)14(12(3)4,13(5)6)7(8,9)10;1-7(2,3,4,5)6/h1-6H3;/q+1;-1. The van der Waals surface area contributed by atoms with Gasteiger partial charge in [-0.25, -0.2) is 0 Å². The number of hydrogen-bond acceptors (Lipinski definition) is 3. The van der Waals surface area contributed by atoms with Crippen molar-refractivity contribution in [3.8, 4) is 0 Å². The van der Waals surface area contributed by atoms with Gasteiger partial charge in [0, 0.05) is 42.3 Å². The van der Waals surface area contributed by atoms with E-state index in [1.807, 2.05) is 0 Å². The maximum atomic E-state index is 13.1. The van der Waals surface area contributed by atoms with Gasteiger partial charge in [-0.2, -0.15) is 0 Å². The molecule has 0 saturated carbocycles. The molecule has 0 N–H and O–H groups in total. The average molecular weight is 377 g/mol. The van der Waals surface area contributed by atoms with Crippen molar-refractivity contribution in [3.05, 3.63) is 0 Å². The summed E-state index contributed by atoms with van der Waals surface area (Å²) in [4.78, 5) is 0. The zero-order valence-electron chi connectivity index (χ0n) is 12.1. The normalized spacial score (nSPS) is 17.4. The zero-order valence-corrected chi connectivity index (χ0v) is 13.9. The first-order valence-electron chi connectivity index (χ1n) is 5.09. The molecule has 0 atom stereocenters. The van der Waals surface area contributed by atoms with E-state index < -0.39 is 21.4 Å². The van der Waals surface area contributed by atoms with Gasteiger partial charge in [0.05, 0.1) is 0 Å². The van der Waals surface area contributed by atoms with Gasteiger partial charge in [0.25, 0.3) is 0 Å². The van der Waals surface area contributed by atoms with Crippen molar-refractivity contribution in [1.82, 2.24) is 14.0 Å². The number of rotatable bonds is 3. The fourth-order valence-corrected chi connectivity index (χ4v) is 5.26. The maximum absolute atomic E-state index is 13.1. The van der Waals surface area contributed by atoms with Crippen LogP contribution in [-0.4, -0.2) is 62.2 Å². The van der Waals surface area contributed by atoms with E-state index in [0.29, 0.717) is 0 Å². The predicted octanol–water partition coefficient (Wildman–Crippen LogP) is 5.34. The number of halogens is 9. The average Bonchev–Trinajstić information content (AvgIpc) is 1.90. The van der Waals surface area contributed by atoms with Crippen LogP contribution in [0.3, 0.4) is 0 Å². The van der Waals surface area contributed by atoms with Gasteiger partial charge in [-0.1, -0.05) is 0 Å². The molecule has 0 spiro atoms. The Morgan fingerprint density at radius 3 is 0.762 bits per heavy atom. The van der Waals surface area contributed by atoms with Crippen LogP contribution in [0.5, 0.6) is 0 Å². The van der Waals surface area contributed by atoms with Crippen LogP contribution in [0.4, 0.5) is 38.4 Å². The molecule has 21 heavy (non-hydrogen) atoms. The van der Waals surface area contributed by atoms with Crippen molar-refractivity contribution in [2.75, 3.05) is 42.3 Å². The molecule has 3 nitrogen and oxygen atoms in total. The minimum absolute atomic E-state index is 1.26. The molecule has 0 rings (SSSR count). The van der Waals surface area contributed by atoms with Crippen LogP contribution in [0.1, 0.15) is 0 Å². The monoisotopic (exact) mass is 377 g/mol. The first-order chi connectivity index (χ1) is 8.53. The van der Waals surface area contributed by atoms with Crippen molar-refractivity contribution in [1.29, 1.82) is 0 Å². The van der Waals surface area contributed by atoms with E-state index in [0.717, 1.165) is 0 Å². The summed E-state index contributed by atoms with van der Waals surface area (Å²) >= 11 is 0. The first-order valence-corrected chi connectivity index (χ1v) is 8.76. The molecule has 0 amide bonds. The van der Waals surface area contributed by atoms with Gasteiger partial charge < -0.3 is 0 Å². The summed E-state index contributed by atoms with van der Waals surface area (Å²) in [6.45, 7) is 0. The fourth-order valence-electron chi connectivity index (χ4n) is 1.75. The van der Waals surface area contributed by atoms with Crippen LogP contribution in [0.15, 0.2) is 0 Å². The molecule has 134 valence electrons. The van der Waals surface area contributed by atoms with Crippen molar-refractivity contribution in [3.63, 3.8) is 0 Å². The van der Waals surface area contributed by atoms with E-state index in [1.165, 1.54) is 56.3 Å². The molecule has 0 aromatic heterocycles. The quantitative estimate of drug-likeness (QED) is 0.486. The topological polar surface area (TPSA) is 9.72 Å². The van der Waals surface area contributed by atoms with E-state index in [9.17, 15) is 38.4 Å². The van der Waals surface area contributed by atoms with Gasteiger partial charge in [0.15, 0.2) is 0 Å². The molecular formula is C7H18F9N3P2. The summed E-state index contributed by atoms with van der Waals surface area (Å²) in [7, 11) is -5.30. The molecule has 0 aliphatic heterocycles. The summed E-state index contributed by atoms with van der Waals surface area (Å²) in [5.74, 6) is -4.23. The molecule has 0 unspecified atom stereocenters. The van der Waals surface area contributed by atoms with E-state index in [1.54, 1.807) is 0 Å². The van der Waals surface area contributed by atoms with Crippen molar-refractivity contribution < 1.29 is 38.4 Å². The van der Waals surface area contributed by atoms with E-state index in [-0.39, 0.29) is 0 Å². The molecule has 0 aromatic carbocycles. The summed E-state index contributed by atoms with van der Waals surface area (Å²) in [5.41, 5.74) is 0. The molecule has 0 radical (unpaired) electrons. The fraction of sp³-hybridized carbons (Fsp3) is 1.00. The van der Waals surface area contributed by atoms with E-state index >= 15 is 0 Å². The third kappa shape index (κ3) is 8.97. The van der Waals surface area contributed by atoms with Crippen LogP contribution in [0.25, 0.3) is 0 Å². The molecule has 14 heteroatoms. The third-order valence-corrected chi connectivity index (χ3v) is 6.04. The van der Waals surface area contributed by atoms with Crippen LogP contribution in [-0.2, 0) is 0 Å². The van der Waals surface area contributed by atoms with Crippen LogP contribution in [0, 0.1) is 0 Å². The van der Waals surface area contributed by atoms with Crippen molar-refractivity contribution in [2.45, 2.75) is 5.92 Å². The Morgan fingerprint density at radius 1 is 0.619 bits per heavy atom. The first kappa shape index (κ1) is 23.4. The van der Waals surface area contributed by atoms with Gasteiger partial charge in [0.1, 0.15) is 0 Å². The summed E-state index contributed by atoms with van der Waals surface area (Å²) in [6, 6.07) is 0. The van der Waals surface area contributed by atoms with Gasteiger partial charge in [0.2, 0.25) is 0 Å². The Kier molecular flexibility index (Phi) is 6.27. The van der Waals surface area contributed by atoms with Crippen LogP contribution in [0.2, 0.25) is 0 Å². The summed E-state index contributed by atoms with van der Waals surface area (Å²) in [5, 5.41) is 0. The Balaban J connectivity index is 0. The van der Waals surface area contributed by atoms with E-state index in [2.05, 4.69) is 0 Å². The second kappa shape index (κ2) is 5.63. The van der Waals surface area contributed by atoms with Gasteiger partial charge >= 0.3 is 46.6 Å². The molecule has 0 aromatic rings. The summed E-state index contributed by atoms with van der Waals surface area (Å²) in [6.07, 6.45) is 0. The minimum atomic E-state index is -10.7. The third-order valence-electron chi connectivity index (χ3n) is 2.01.